The second-order valence-corrected chi connectivity index (χ2v) is 5.53. The van der Waals surface area contributed by atoms with Gasteiger partial charge in [-0.05, 0) is 25.3 Å². The zero-order valence-corrected chi connectivity index (χ0v) is 13.8. The van der Waals surface area contributed by atoms with Crippen LogP contribution in [0, 0.1) is 5.92 Å². The van der Waals surface area contributed by atoms with Gasteiger partial charge in [0.25, 0.3) is 0 Å². The molecule has 1 aromatic carbocycles. The van der Waals surface area contributed by atoms with Crippen LogP contribution < -0.4 is 10.5 Å². The molecule has 0 saturated carbocycles. The fourth-order valence-electron chi connectivity index (χ4n) is 2.42. The predicted octanol–water partition coefficient (Wildman–Crippen LogP) is 4.32. The summed E-state index contributed by atoms with van der Waals surface area (Å²) in [6.45, 7) is 8.45. The normalized spacial score (nSPS) is 13.9. The molecule has 1 rings (SSSR count). The standard InChI is InChI=1S/C18H31NO2/c1-4-7-10-15(5-2)13-20-14-17(19)16-11-8-9-12-18(16)21-6-3/h8-9,11-12,15,17H,4-7,10,13-14,19H2,1-3H3. The highest BCUT2D eigenvalue weighted by atomic mass is 16.5. The molecule has 120 valence electrons. The molecule has 0 amide bonds. The van der Waals surface area contributed by atoms with E-state index < -0.39 is 0 Å². The van der Waals surface area contributed by atoms with Gasteiger partial charge in [-0.15, -0.1) is 0 Å². The van der Waals surface area contributed by atoms with Crippen LogP contribution in [-0.4, -0.2) is 19.8 Å². The second kappa shape index (κ2) is 10.6. The highest BCUT2D eigenvalue weighted by Gasteiger charge is 2.13. The van der Waals surface area contributed by atoms with Crippen molar-refractivity contribution in [1.29, 1.82) is 0 Å². The first-order valence-electron chi connectivity index (χ1n) is 8.27. The van der Waals surface area contributed by atoms with Gasteiger partial charge in [-0.3, -0.25) is 0 Å². The predicted molar refractivity (Wildman–Crippen MR) is 88.7 cm³/mol. The summed E-state index contributed by atoms with van der Waals surface area (Å²) in [5, 5.41) is 0. The minimum Gasteiger partial charge on any atom is -0.494 e. The van der Waals surface area contributed by atoms with Crippen LogP contribution >= 0.6 is 0 Å². The van der Waals surface area contributed by atoms with Gasteiger partial charge >= 0.3 is 0 Å². The number of para-hydroxylation sites is 1. The number of ether oxygens (including phenoxy) is 2. The molecule has 0 fully saturated rings. The molecule has 1 aromatic rings. The maximum Gasteiger partial charge on any atom is 0.124 e. The van der Waals surface area contributed by atoms with E-state index in [4.69, 9.17) is 15.2 Å². The Hall–Kier alpha value is -1.06. The van der Waals surface area contributed by atoms with Gasteiger partial charge in [-0.1, -0.05) is 51.3 Å². The lowest BCUT2D eigenvalue weighted by atomic mass is 10.0. The van der Waals surface area contributed by atoms with Crippen LogP contribution in [0.3, 0.4) is 0 Å². The molecule has 0 saturated heterocycles. The molecule has 0 aliphatic rings. The van der Waals surface area contributed by atoms with E-state index in [1.54, 1.807) is 0 Å². The summed E-state index contributed by atoms with van der Waals surface area (Å²) in [7, 11) is 0. The number of hydrogen-bond donors (Lipinski definition) is 1. The molecule has 2 N–H and O–H groups in total. The number of rotatable bonds is 11. The van der Waals surface area contributed by atoms with E-state index in [1.165, 1.54) is 25.7 Å². The zero-order chi connectivity index (χ0) is 15.5. The lowest BCUT2D eigenvalue weighted by molar-refractivity contribution is 0.0832. The number of unbranched alkanes of at least 4 members (excludes halogenated alkanes) is 1. The van der Waals surface area contributed by atoms with Crippen LogP contribution in [0.25, 0.3) is 0 Å². The number of benzene rings is 1. The van der Waals surface area contributed by atoms with Gasteiger partial charge in [-0.25, -0.2) is 0 Å². The SMILES string of the molecule is CCCCC(CC)COCC(N)c1ccccc1OCC. The van der Waals surface area contributed by atoms with Crippen molar-refractivity contribution in [2.45, 2.75) is 52.5 Å². The Morgan fingerprint density at radius 1 is 1.10 bits per heavy atom. The number of nitrogens with two attached hydrogens (primary N) is 1. The topological polar surface area (TPSA) is 44.5 Å². The largest absolute Gasteiger partial charge is 0.494 e. The van der Waals surface area contributed by atoms with Crippen molar-refractivity contribution < 1.29 is 9.47 Å². The molecule has 2 unspecified atom stereocenters. The van der Waals surface area contributed by atoms with E-state index >= 15 is 0 Å². The third kappa shape index (κ3) is 6.49. The Bertz CT molecular complexity index is 381. The first-order chi connectivity index (χ1) is 10.2. The molecule has 0 bridgehead atoms. The molecule has 3 heteroatoms. The van der Waals surface area contributed by atoms with Crippen molar-refractivity contribution in [2.24, 2.45) is 11.7 Å². The number of hydrogen-bond acceptors (Lipinski definition) is 3. The van der Waals surface area contributed by atoms with E-state index in [0.29, 0.717) is 19.1 Å². The Labute approximate surface area is 129 Å². The summed E-state index contributed by atoms with van der Waals surface area (Å²) in [5.74, 6) is 1.52. The highest BCUT2D eigenvalue weighted by Crippen LogP contribution is 2.24. The minimum atomic E-state index is -0.128. The average molecular weight is 293 g/mol. The molecule has 0 aliphatic carbocycles. The Morgan fingerprint density at radius 3 is 2.52 bits per heavy atom. The summed E-state index contributed by atoms with van der Waals surface area (Å²) in [6.07, 6.45) is 4.95. The molecule has 21 heavy (non-hydrogen) atoms. The van der Waals surface area contributed by atoms with Gasteiger partial charge in [0, 0.05) is 12.2 Å². The van der Waals surface area contributed by atoms with Gasteiger partial charge < -0.3 is 15.2 Å². The molecule has 0 aromatic heterocycles. The smallest absolute Gasteiger partial charge is 0.124 e. The molecule has 0 heterocycles. The molecular formula is C18H31NO2. The lowest BCUT2D eigenvalue weighted by Gasteiger charge is -2.19. The average Bonchev–Trinajstić information content (AvgIpc) is 2.51. The van der Waals surface area contributed by atoms with Crippen molar-refractivity contribution in [3.05, 3.63) is 29.8 Å². The van der Waals surface area contributed by atoms with Gasteiger partial charge in [0.1, 0.15) is 5.75 Å². The monoisotopic (exact) mass is 293 g/mol. The highest BCUT2D eigenvalue weighted by molar-refractivity contribution is 5.35. The zero-order valence-electron chi connectivity index (χ0n) is 13.8. The van der Waals surface area contributed by atoms with Gasteiger partial charge in [0.15, 0.2) is 0 Å². The third-order valence-electron chi connectivity index (χ3n) is 3.81. The van der Waals surface area contributed by atoms with Crippen LogP contribution in [0.5, 0.6) is 5.75 Å². The summed E-state index contributed by atoms with van der Waals surface area (Å²) in [5.41, 5.74) is 7.28. The van der Waals surface area contributed by atoms with Crippen LogP contribution in [0.4, 0.5) is 0 Å². The Balaban J connectivity index is 2.44. The van der Waals surface area contributed by atoms with E-state index in [2.05, 4.69) is 13.8 Å². The van der Waals surface area contributed by atoms with Gasteiger partial charge in [0.05, 0.1) is 19.3 Å². The van der Waals surface area contributed by atoms with E-state index in [0.717, 1.165) is 17.9 Å². The summed E-state index contributed by atoms with van der Waals surface area (Å²) >= 11 is 0. The second-order valence-electron chi connectivity index (χ2n) is 5.53. The lowest BCUT2D eigenvalue weighted by Crippen LogP contribution is -2.20. The summed E-state index contributed by atoms with van der Waals surface area (Å²) in [4.78, 5) is 0. The third-order valence-corrected chi connectivity index (χ3v) is 3.81. The van der Waals surface area contributed by atoms with Crippen LogP contribution in [-0.2, 0) is 4.74 Å². The molecule has 0 aliphatic heterocycles. The molecular weight excluding hydrogens is 262 g/mol. The van der Waals surface area contributed by atoms with Crippen molar-refractivity contribution in [3.63, 3.8) is 0 Å². The molecule has 0 radical (unpaired) electrons. The Kier molecular flexibility index (Phi) is 9.11. The molecule has 3 nitrogen and oxygen atoms in total. The van der Waals surface area contributed by atoms with Crippen molar-refractivity contribution >= 4 is 0 Å². The fraction of sp³-hybridized carbons (Fsp3) is 0.667. The Morgan fingerprint density at radius 2 is 1.86 bits per heavy atom. The summed E-state index contributed by atoms with van der Waals surface area (Å²) in [6, 6.07) is 7.83. The van der Waals surface area contributed by atoms with Crippen molar-refractivity contribution in [1.82, 2.24) is 0 Å². The maximum absolute atomic E-state index is 6.25. The quantitative estimate of drug-likeness (QED) is 0.661. The first kappa shape index (κ1) is 18.0. The maximum atomic E-state index is 6.25. The van der Waals surface area contributed by atoms with Crippen LogP contribution in [0.1, 0.15) is 58.1 Å². The van der Waals surface area contributed by atoms with Crippen LogP contribution in [0.2, 0.25) is 0 Å². The molecule has 2 atom stereocenters. The summed E-state index contributed by atoms with van der Waals surface area (Å²) < 4.78 is 11.5. The van der Waals surface area contributed by atoms with Crippen molar-refractivity contribution in [2.75, 3.05) is 19.8 Å². The van der Waals surface area contributed by atoms with E-state index in [9.17, 15) is 0 Å². The molecule has 0 spiro atoms. The van der Waals surface area contributed by atoms with Gasteiger partial charge in [-0.2, -0.15) is 0 Å². The van der Waals surface area contributed by atoms with E-state index in [1.807, 2.05) is 31.2 Å². The van der Waals surface area contributed by atoms with Gasteiger partial charge in [0.2, 0.25) is 0 Å². The fourth-order valence-corrected chi connectivity index (χ4v) is 2.42. The minimum absolute atomic E-state index is 0.128. The van der Waals surface area contributed by atoms with Crippen molar-refractivity contribution in [3.8, 4) is 5.75 Å². The first-order valence-corrected chi connectivity index (χ1v) is 8.27. The van der Waals surface area contributed by atoms with E-state index in [-0.39, 0.29) is 6.04 Å². The van der Waals surface area contributed by atoms with Crippen LogP contribution in [0.15, 0.2) is 24.3 Å².